The van der Waals surface area contributed by atoms with Crippen molar-refractivity contribution in [3.05, 3.63) is 101 Å². The largest absolute Gasteiger partial charge is 0.387 e. The highest BCUT2D eigenvalue weighted by Crippen LogP contribution is 2.56. The Bertz CT molecular complexity index is 1300. The predicted octanol–water partition coefficient (Wildman–Crippen LogP) is 6.56. The van der Waals surface area contributed by atoms with Gasteiger partial charge in [0.2, 0.25) is 5.91 Å². The van der Waals surface area contributed by atoms with Gasteiger partial charge in [0.05, 0.1) is 16.4 Å². The average molecular weight is 563 g/mol. The lowest BCUT2D eigenvalue weighted by Crippen LogP contribution is -2.37. The number of nitrogens with one attached hydrogen (secondary N) is 1. The second-order valence-electron chi connectivity index (χ2n) is 8.15. The number of allylic oxidation sites excluding steroid dienone is 4. The number of carbonyl (C=O) groups is 1. The molecular formula is C29H33ClF2N2O3S. The number of aliphatic hydroxyl groups is 1. The highest BCUT2D eigenvalue weighted by molar-refractivity contribution is 8.15. The number of hydrogen-bond donors (Lipinski definition) is 2. The normalized spacial score (nSPS) is 22.4. The van der Waals surface area contributed by atoms with Crippen LogP contribution in [0.1, 0.15) is 39.7 Å². The minimum Gasteiger partial charge on any atom is -0.387 e. The van der Waals surface area contributed by atoms with Gasteiger partial charge >= 0.3 is 0 Å². The SMILES string of the molecule is C=C/C(Cl)=C\C=C\S1(=O)=C2CC(C)C21C.CC.Fc1ccc(F)cc1.N#Cc1ccc(NC(=O)CO)cc1. The average Bonchev–Trinajstić information content (AvgIpc) is 3.33. The summed E-state index contributed by atoms with van der Waals surface area (Å²) < 4.78 is 36.2. The molecule has 2 aromatic rings. The molecule has 2 aromatic carbocycles. The molecule has 1 heterocycles. The van der Waals surface area contributed by atoms with E-state index in [0.717, 1.165) is 30.7 Å². The van der Waals surface area contributed by atoms with Gasteiger partial charge in [-0.25, -0.2) is 8.78 Å². The molecule has 1 amide bonds. The first-order chi connectivity index (χ1) is 18.0. The monoisotopic (exact) mass is 562 g/mol. The van der Waals surface area contributed by atoms with E-state index in [9.17, 15) is 17.8 Å². The number of rotatable bonds is 5. The molecule has 204 valence electrons. The lowest BCUT2D eigenvalue weighted by atomic mass is 9.76. The molecule has 1 aliphatic heterocycles. The lowest BCUT2D eigenvalue weighted by molar-refractivity contribution is -0.118. The Labute approximate surface area is 229 Å². The first kappa shape index (κ1) is 32.8. The van der Waals surface area contributed by atoms with Crippen LogP contribution >= 0.6 is 11.6 Å². The van der Waals surface area contributed by atoms with Crippen molar-refractivity contribution in [3.8, 4) is 6.07 Å². The summed E-state index contributed by atoms with van der Waals surface area (Å²) in [6, 6.07) is 12.7. The van der Waals surface area contributed by atoms with Crippen LogP contribution in [-0.4, -0.2) is 31.4 Å². The fourth-order valence-corrected chi connectivity index (χ4v) is 7.07. The molecule has 0 spiro atoms. The first-order valence-corrected chi connectivity index (χ1v) is 13.9. The molecule has 38 heavy (non-hydrogen) atoms. The second-order valence-corrected chi connectivity index (χ2v) is 11.4. The molecule has 5 nitrogen and oxygen atoms in total. The summed E-state index contributed by atoms with van der Waals surface area (Å²) in [5.74, 6) is -0.731. The van der Waals surface area contributed by atoms with Crippen LogP contribution < -0.4 is 5.32 Å². The molecule has 0 saturated heterocycles. The zero-order chi connectivity index (χ0) is 28.9. The van der Waals surface area contributed by atoms with Crippen LogP contribution in [0.15, 0.2) is 83.8 Å². The number of hydrogen-bond acceptors (Lipinski definition) is 4. The van der Waals surface area contributed by atoms with Gasteiger partial charge in [0.1, 0.15) is 18.2 Å². The fourth-order valence-electron chi connectivity index (χ4n) is 3.53. The maximum atomic E-state index is 12.4. The van der Waals surface area contributed by atoms with Crippen LogP contribution in [0.2, 0.25) is 0 Å². The lowest BCUT2D eigenvalue weighted by Gasteiger charge is -2.28. The maximum absolute atomic E-state index is 12.4. The van der Waals surface area contributed by atoms with Crippen LogP contribution in [0, 0.1) is 28.9 Å². The van der Waals surface area contributed by atoms with Crippen molar-refractivity contribution in [1.82, 2.24) is 0 Å². The minimum absolute atomic E-state index is 0.00199. The molecular weight excluding hydrogens is 530 g/mol. The number of nitrogens with zero attached hydrogens (tertiary/aromatic N) is 1. The number of nitriles is 1. The summed E-state index contributed by atoms with van der Waals surface area (Å²) in [7, 11) is -1.82. The van der Waals surface area contributed by atoms with E-state index >= 15 is 0 Å². The van der Waals surface area contributed by atoms with Crippen molar-refractivity contribution in [2.75, 3.05) is 11.9 Å². The minimum atomic E-state index is -1.82. The molecule has 3 atom stereocenters. The number of halogens is 3. The van der Waals surface area contributed by atoms with Gasteiger partial charge in [-0.2, -0.15) is 5.26 Å². The number of benzene rings is 2. The fraction of sp³-hybridized carbons (Fsp3) is 0.276. The summed E-state index contributed by atoms with van der Waals surface area (Å²) in [5.41, 5.74) is 1.10. The van der Waals surface area contributed by atoms with Crippen molar-refractivity contribution in [2.45, 2.75) is 38.9 Å². The van der Waals surface area contributed by atoms with E-state index in [-0.39, 0.29) is 4.75 Å². The number of carbonyl (C=O) groups excluding carboxylic acids is 1. The van der Waals surface area contributed by atoms with Gasteiger partial charge in [0, 0.05) is 25.1 Å². The van der Waals surface area contributed by atoms with Gasteiger partial charge in [-0.3, -0.25) is 9.00 Å². The summed E-state index contributed by atoms with van der Waals surface area (Å²) in [6.45, 7) is 11.3. The molecule has 1 aliphatic carbocycles. The van der Waals surface area contributed by atoms with Crippen molar-refractivity contribution < 1.29 is 22.9 Å². The Hall–Kier alpha value is -3.25. The van der Waals surface area contributed by atoms with Gasteiger partial charge in [-0.1, -0.05) is 51.1 Å². The molecule has 2 N–H and O–H groups in total. The third-order valence-electron chi connectivity index (χ3n) is 5.91. The summed E-state index contributed by atoms with van der Waals surface area (Å²) in [6.07, 6.45) is 6.11. The Morgan fingerprint density at radius 3 is 2.11 bits per heavy atom. The molecule has 1 fully saturated rings. The van der Waals surface area contributed by atoms with E-state index in [1.165, 1.54) is 4.86 Å². The predicted molar refractivity (Wildman–Crippen MR) is 153 cm³/mol. The standard InChI is InChI=1S/C12H15ClOS.C9H8N2O2.C6H4F2.C2H6/c1-4-10(13)6-5-7-15(14)11-8-9(2)12(11,15)3;10-5-7-1-3-8(4-2-7)11-9(13)6-12;7-5-1-2-6(8)4-3-5;1-2/h4-7,9H,1,8H2,2-3H3;1-4,12H,6H2,(H,11,13);1-4H;1-2H3/b7-5+,10-6+;;;. The van der Waals surface area contributed by atoms with Gasteiger partial charge in [-0.05, 0) is 79.3 Å². The Morgan fingerprint density at radius 2 is 1.74 bits per heavy atom. The van der Waals surface area contributed by atoms with Crippen LogP contribution in [0.25, 0.3) is 0 Å². The number of anilines is 1. The Kier molecular flexibility index (Phi) is 13.1. The molecule has 9 heteroatoms. The highest BCUT2D eigenvalue weighted by atomic mass is 35.5. The smallest absolute Gasteiger partial charge is 0.250 e. The first-order valence-electron chi connectivity index (χ1n) is 11.9. The van der Waals surface area contributed by atoms with Gasteiger partial charge in [0.15, 0.2) is 0 Å². The highest BCUT2D eigenvalue weighted by Gasteiger charge is 2.66. The van der Waals surface area contributed by atoms with E-state index in [4.69, 9.17) is 22.0 Å². The third-order valence-corrected chi connectivity index (χ3v) is 9.75. The van der Waals surface area contributed by atoms with Crippen LogP contribution in [0.4, 0.5) is 14.5 Å². The van der Waals surface area contributed by atoms with E-state index in [1.54, 1.807) is 42.5 Å². The third kappa shape index (κ3) is 8.38. The quantitative estimate of drug-likeness (QED) is 0.319. The maximum Gasteiger partial charge on any atom is 0.250 e. The van der Waals surface area contributed by atoms with Crippen molar-refractivity contribution in [1.29, 1.82) is 5.26 Å². The van der Waals surface area contributed by atoms with Gasteiger partial charge in [0.25, 0.3) is 0 Å². The van der Waals surface area contributed by atoms with Crippen molar-refractivity contribution in [2.24, 2.45) is 5.92 Å². The molecule has 0 aromatic heterocycles. The summed E-state index contributed by atoms with van der Waals surface area (Å²) >= 11 is 5.76. The van der Waals surface area contributed by atoms with E-state index < -0.39 is 33.7 Å². The topological polar surface area (TPSA) is 90.2 Å². The number of fused-ring (bicyclic) bond motifs is 1. The molecule has 0 bridgehead atoms. The summed E-state index contributed by atoms with van der Waals surface area (Å²) in [5, 5.41) is 21.7. The number of aliphatic hydroxyl groups excluding tert-OH is 1. The zero-order valence-electron chi connectivity index (χ0n) is 21.9. The molecule has 3 unspecified atom stereocenters. The van der Waals surface area contributed by atoms with E-state index in [2.05, 4.69) is 25.7 Å². The molecule has 0 radical (unpaired) electrons. The molecule has 1 saturated carbocycles. The van der Waals surface area contributed by atoms with Crippen LogP contribution in [-0.2, 0) is 14.3 Å². The summed E-state index contributed by atoms with van der Waals surface area (Å²) in [4.78, 5) is 11.9. The van der Waals surface area contributed by atoms with Crippen LogP contribution in [0.5, 0.6) is 0 Å². The van der Waals surface area contributed by atoms with Crippen molar-refractivity contribution in [3.63, 3.8) is 0 Å². The molecule has 4 rings (SSSR count). The Morgan fingerprint density at radius 1 is 1.21 bits per heavy atom. The second kappa shape index (κ2) is 15.2. The van der Waals surface area contributed by atoms with Crippen LogP contribution in [0.3, 0.4) is 0 Å². The zero-order valence-corrected chi connectivity index (χ0v) is 23.5. The van der Waals surface area contributed by atoms with E-state index in [0.29, 0.717) is 22.2 Å². The van der Waals surface area contributed by atoms with Crippen molar-refractivity contribution >= 4 is 37.6 Å². The number of amides is 1. The van der Waals surface area contributed by atoms with Gasteiger partial charge < -0.3 is 10.4 Å². The van der Waals surface area contributed by atoms with E-state index in [1.807, 2.05) is 25.3 Å². The Balaban J connectivity index is 0.000000287. The van der Waals surface area contributed by atoms with Gasteiger partial charge in [-0.15, -0.1) is 0 Å². The molecule has 2 aliphatic rings.